The number of anilines is 4. The van der Waals surface area contributed by atoms with Gasteiger partial charge in [0.05, 0.1) is 35.6 Å². The molecule has 2 aromatic carbocycles. The lowest BCUT2D eigenvalue weighted by Crippen LogP contribution is -2.29. The molecule has 0 saturated carbocycles. The monoisotopic (exact) mass is 266 g/mol. The number of nitrogens with zero attached hydrogens (tertiary/aromatic N) is 2. The number of para-hydroxylation sites is 4. The van der Waals surface area contributed by atoms with Crippen LogP contribution in [0.4, 0.5) is 22.7 Å². The first-order chi connectivity index (χ1) is 9.83. The van der Waals surface area contributed by atoms with Gasteiger partial charge in [-0.3, -0.25) is 0 Å². The minimum Gasteiger partial charge on any atom is -0.500 e. The molecular formula is C17H18N2O. The maximum absolute atomic E-state index is 5.30. The molecule has 0 spiro atoms. The summed E-state index contributed by atoms with van der Waals surface area (Å²) in [5.41, 5.74) is 4.84. The second-order valence-corrected chi connectivity index (χ2v) is 4.73. The summed E-state index contributed by atoms with van der Waals surface area (Å²) in [6.07, 6.45) is 1.49. The molecule has 0 radical (unpaired) electrons. The van der Waals surface area contributed by atoms with Crippen molar-refractivity contribution >= 4 is 22.7 Å². The Morgan fingerprint density at radius 1 is 0.950 bits per heavy atom. The van der Waals surface area contributed by atoms with Crippen molar-refractivity contribution in [1.82, 2.24) is 0 Å². The van der Waals surface area contributed by atoms with Gasteiger partial charge in [-0.25, -0.2) is 0 Å². The molecule has 1 aliphatic rings. The molecule has 0 fully saturated rings. The third-order valence-corrected chi connectivity index (χ3v) is 3.62. The van der Waals surface area contributed by atoms with Gasteiger partial charge in [-0.1, -0.05) is 30.8 Å². The average molecular weight is 266 g/mol. The second-order valence-electron chi connectivity index (χ2n) is 4.73. The fourth-order valence-corrected chi connectivity index (χ4v) is 2.68. The lowest BCUT2D eigenvalue weighted by Gasteiger charge is -2.38. The van der Waals surface area contributed by atoms with Crippen LogP contribution in [0.15, 0.2) is 61.4 Å². The molecule has 0 saturated heterocycles. The summed E-state index contributed by atoms with van der Waals surface area (Å²) in [6.45, 7) is 5.02. The van der Waals surface area contributed by atoms with Crippen molar-refractivity contribution in [2.45, 2.75) is 0 Å². The molecule has 0 unspecified atom stereocenters. The van der Waals surface area contributed by atoms with Crippen molar-refractivity contribution in [3.63, 3.8) is 0 Å². The summed E-state index contributed by atoms with van der Waals surface area (Å²) in [7, 11) is 2.11. The fraction of sp³-hybridized carbons (Fsp3) is 0.176. The summed E-state index contributed by atoms with van der Waals surface area (Å²) in [4.78, 5) is 4.53. The van der Waals surface area contributed by atoms with Crippen LogP contribution < -0.4 is 9.80 Å². The lowest BCUT2D eigenvalue weighted by atomic mass is 10.1. The summed E-state index contributed by atoms with van der Waals surface area (Å²) in [5, 5.41) is 0. The van der Waals surface area contributed by atoms with E-state index in [-0.39, 0.29) is 0 Å². The zero-order valence-electron chi connectivity index (χ0n) is 11.6. The van der Waals surface area contributed by atoms with Crippen LogP contribution >= 0.6 is 0 Å². The lowest BCUT2D eigenvalue weighted by molar-refractivity contribution is 0.260. The van der Waals surface area contributed by atoms with Crippen LogP contribution in [-0.2, 0) is 4.74 Å². The highest BCUT2D eigenvalue weighted by Crippen LogP contribution is 2.46. The first kappa shape index (κ1) is 12.6. The molecule has 0 aliphatic carbocycles. The zero-order valence-corrected chi connectivity index (χ0v) is 11.6. The van der Waals surface area contributed by atoms with Crippen molar-refractivity contribution in [2.75, 3.05) is 30.0 Å². The van der Waals surface area contributed by atoms with Crippen LogP contribution in [0.2, 0.25) is 0 Å². The topological polar surface area (TPSA) is 15.7 Å². The van der Waals surface area contributed by atoms with E-state index in [0.717, 1.165) is 6.54 Å². The average Bonchev–Trinajstić information content (AvgIpc) is 2.51. The fourth-order valence-electron chi connectivity index (χ4n) is 2.68. The van der Waals surface area contributed by atoms with Crippen molar-refractivity contribution < 1.29 is 4.74 Å². The van der Waals surface area contributed by atoms with Gasteiger partial charge >= 0.3 is 0 Å². The molecule has 1 aliphatic heterocycles. The third kappa shape index (κ3) is 2.01. The van der Waals surface area contributed by atoms with E-state index in [2.05, 4.69) is 72.0 Å². The number of benzene rings is 2. The van der Waals surface area contributed by atoms with E-state index < -0.39 is 0 Å². The highest BCUT2D eigenvalue weighted by molar-refractivity contribution is 5.92. The normalized spacial score (nSPS) is 12.7. The molecule has 0 amide bonds. The summed E-state index contributed by atoms with van der Waals surface area (Å²) < 4.78 is 5.30. The minimum absolute atomic E-state index is 0.621. The van der Waals surface area contributed by atoms with E-state index in [9.17, 15) is 0 Å². The standard InChI is InChI=1S/C17H18N2O/c1-3-20-13-12-19-16-10-6-4-8-14(16)18(2)15-9-5-7-11-17(15)19/h3-11H,1,12-13H2,2H3. The van der Waals surface area contributed by atoms with Crippen LogP contribution in [0.3, 0.4) is 0 Å². The molecular weight excluding hydrogens is 248 g/mol. The predicted octanol–water partition coefficient (Wildman–Crippen LogP) is 4.07. The largest absolute Gasteiger partial charge is 0.500 e. The molecule has 3 heteroatoms. The maximum atomic E-state index is 5.30. The van der Waals surface area contributed by atoms with Gasteiger partial charge in [0.2, 0.25) is 0 Å². The molecule has 0 aromatic heterocycles. The van der Waals surface area contributed by atoms with Gasteiger partial charge in [0, 0.05) is 7.05 Å². The molecule has 2 aromatic rings. The van der Waals surface area contributed by atoms with Gasteiger partial charge in [0.1, 0.15) is 6.61 Å². The Hall–Kier alpha value is -2.42. The molecule has 0 atom stereocenters. The minimum atomic E-state index is 0.621. The summed E-state index contributed by atoms with van der Waals surface area (Å²) >= 11 is 0. The Kier molecular flexibility index (Phi) is 3.33. The first-order valence-electron chi connectivity index (χ1n) is 6.75. The van der Waals surface area contributed by atoms with Crippen LogP contribution in [-0.4, -0.2) is 20.2 Å². The predicted molar refractivity (Wildman–Crippen MR) is 84.1 cm³/mol. The van der Waals surface area contributed by atoms with Crippen molar-refractivity contribution in [2.24, 2.45) is 0 Å². The van der Waals surface area contributed by atoms with Crippen molar-refractivity contribution in [1.29, 1.82) is 0 Å². The van der Waals surface area contributed by atoms with Gasteiger partial charge in [0.15, 0.2) is 0 Å². The van der Waals surface area contributed by atoms with E-state index in [1.807, 2.05) is 0 Å². The Labute approximate surface area is 119 Å². The van der Waals surface area contributed by atoms with Gasteiger partial charge in [-0.15, -0.1) is 0 Å². The van der Waals surface area contributed by atoms with Crippen molar-refractivity contribution in [3.8, 4) is 0 Å². The summed E-state index contributed by atoms with van der Waals surface area (Å²) in [6, 6.07) is 16.9. The van der Waals surface area contributed by atoms with Gasteiger partial charge in [-0.2, -0.15) is 0 Å². The third-order valence-electron chi connectivity index (χ3n) is 3.62. The Morgan fingerprint density at radius 3 is 1.95 bits per heavy atom. The van der Waals surface area contributed by atoms with E-state index in [0.29, 0.717) is 6.61 Å². The molecule has 0 bridgehead atoms. The van der Waals surface area contributed by atoms with E-state index in [1.165, 1.54) is 29.0 Å². The Bertz CT molecular complexity index is 576. The maximum Gasteiger partial charge on any atom is 0.105 e. The van der Waals surface area contributed by atoms with E-state index in [4.69, 9.17) is 4.74 Å². The molecule has 0 N–H and O–H groups in total. The molecule has 1 heterocycles. The molecule has 3 rings (SSSR count). The molecule has 102 valence electrons. The van der Waals surface area contributed by atoms with Crippen LogP contribution in [0.25, 0.3) is 0 Å². The van der Waals surface area contributed by atoms with Crippen molar-refractivity contribution in [3.05, 3.63) is 61.4 Å². The quantitative estimate of drug-likeness (QED) is 0.613. The molecule has 3 nitrogen and oxygen atoms in total. The highest BCUT2D eigenvalue weighted by atomic mass is 16.5. The van der Waals surface area contributed by atoms with Gasteiger partial charge in [0.25, 0.3) is 0 Å². The van der Waals surface area contributed by atoms with E-state index >= 15 is 0 Å². The van der Waals surface area contributed by atoms with E-state index in [1.54, 1.807) is 0 Å². The zero-order chi connectivity index (χ0) is 13.9. The van der Waals surface area contributed by atoms with Gasteiger partial charge in [-0.05, 0) is 24.3 Å². The van der Waals surface area contributed by atoms with Crippen LogP contribution in [0, 0.1) is 0 Å². The smallest absolute Gasteiger partial charge is 0.105 e. The van der Waals surface area contributed by atoms with Crippen LogP contribution in [0.1, 0.15) is 0 Å². The number of hydrogen-bond donors (Lipinski definition) is 0. The first-order valence-corrected chi connectivity index (χ1v) is 6.75. The summed E-state index contributed by atoms with van der Waals surface area (Å²) in [5.74, 6) is 0. The highest BCUT2D eigenvalue weighted by Gasteiger charge is 2.25. The number of hydrogen-bond acceptors (Lipinski definition) is 3. The number of ether oxygens (including phenoxy) is 1. The number of fused-ring (bicyclic) bond motifs is 2. The second kappa shape index (κ2) is 5.29. The SMILES string of the molecule is C=COCCN1c2ccccc2N(C)c2ccccc21. The van der Waals surface area contributed by atoms with Gasteiger partial charge < -0.3 is 14.5 Å². The van der Waals surface area contributed by atoms with Crippen LogP contribution in [0.5, 0.6) is 0 Å². The Morgan fingerprint density at radius 2 is 1.45 bits per heavy atom. The number of rotatable bonds is 4. The Balaban J connectivity index is 2.05. The molecule has 20 heavy (non-hydrogen) atoms.